The molecule has 3 atom stereocenters. The predicted octanol–water partition coefficient (Wildman–Crippen LogP) is 4.03. The van der Waals surface area contributed by atoms with Crippen molar-refractivity contribution in [2.45, 2.75) is 37.5 Å². The van der Waals surface area contributed by atoms with Crippen LogP contribution in [0, 0.1) is 5.92 Å². The first-order chi connectivity index (χ1) is 17.7. The van der Waals surface area contributed by atoms with Crippen molar-refractivity contribution in [2.24, 2.45) is 5.92 Å². The summed E-state index contributed by atoms with van der Waals surface area (Å²) in [7, 11) is -2.17. The summed E-state index contributed by atoms with van der Waals surface area (Å²) in [5, 5.41) is 9.97. The van der Waals surface area contributed by atoms with Gasteiger partial charge in [0, 0.05) is 31.6 Å². The van der Waals surface area contributed by atoms with Crippen molar-refractivity contribution in [3.8, 4) is 11.1 Å². The molecule has 0 bridgehead atoms. The molecular weight excluding hydrogens is 488 g/mol. The molecule has 0 aromatic heterocycles. The van der Waals surface area contributed by atoms with Crippen LogP contribution in [-0.2, 0) is 21.4 Å². The van der Waals surface area contributed by atoms with Gasteiger partial charge in [-0.2, -0.15) is 4.31 Å². The van der Waals surface area contributed by atoms with Crippen LogP contribution in [0.1, 0.15) is 29.8 Å². The van der Waals surface area contributed by atoms with E-state index in [0.717, 1.165) is 16.7 Å². The van der Waals surface area contributed by atoms with E-state index in [0.29, 0.717) is 12.1 Å². The van der Waals surface area contributed by atoms with Gasteiger partial charge in [0.15, 0.2) is 0 Å². The SMILES string of the molecule is C[C@@H]1CN([C@@H](C)CO)C(=O)c2ccccc2-c2ccccc2CO[C@@H]1CN(C)S(=O)(=O)c1ccccc1. The van der Waals surface area contributed by atoms with Gasteiger partial charge in [-0.25, -0.2) is 8.42 Å². The van der Waals surface area contributed by atoms with Crippen molar-refractivity contribution < 1.29 is 23.1 Å². The molecule has 196 valence electrons. The summed E-state index contributed by atoms with van der Waals surface area (Å²) in [6.45, 7) is 4.25. The summed E-state index contributed by atoms with van der Waals surface area (Å²) in [5.41, 5.74) is 3.17. The first-order valence-electron chi connectivity index (χ1n) is 12.5. The minimum Gasteiger partial charge on any atom is -0.394 e. The number of hydrogen-bond acceptors (Lipinski definition) is 5. The fourth-order valence-electron chi connectivity index (χ4n) is 4.68. The lowest BCUT2D eigenvalue weighted by atomic mass is 9.94. The van der Waals surface area contributed by atoms with Crippen LogP contribution >= 0.6 is 0 Å². The zero-order valence-electron chi connectivity index (χ0n) is 21.4. The Labute approximate surface area is 219 Å². The van der Waals surface area contributed by atoms with E-state index in [1.54, 1.807) is 42.3 Å². The highest BCUT2D eigenvalue weighted by Crippen LogP contribution is 2.31. The predicted molar refractivity (Wildman–Crippen MR) is 143 cm³/mol. The summed E-state index contributed by atoms with van der Waals surface area (Å²) < 4.78 is 34.2. The maximum Gasteiger partial charge on any atom is 0.254 e. The molecule has 1 heterocycles. The third-order valence-corrected chi connectivity index (χ3v) is 8.82. The van der Waals surface area contributed by atoms with E-state index in [1.807, 2.05) is 62.4 Å². The van der Waals surface area contributed by atoms with Crippen molar-refractivity contribution in [3.63, 3.8) is 0 Å². The number of ether oxygens (including phenoxy) is 1. The number of benzene rings is 3. The molecular formula is C29H34N2O5S. The molecule has 0 aliphatic carbocycles. The number of aliphatic hydroxyl groups is 1. The molecule has 1 amide bonds. The van der Waals surface area contributed by atoms with Crippen LogP contribution < -0.4 is 0 Å². The fraction of sp³-hybridized carbons (Fsp3) is 0.345. The number of carbonyl (C=O) groups excluding carboxylic acids is 1. The third kappa shape index (κ3) is 5.78. The van der Waals surface area contributed by atoms with Crippen LogP contribution in [0.15, 0.2) is 83.8 Å². The molecule has 1 N–H and O–H groups in total. The van der Waals surface area contributed by atoms with E-state index < -0.39 is 22.2 Å². The molecule has 0 saturated carbocycles. The van der Waals surface area contributed by atoms with Gasteiger partial charge in [-0.3, -0.25) is 4.79 Å². The molecule has 37 heavy (non-hydrogen) atoms. The fourth-order valence-corrected chi connectivity index (χ4v) is 5.88. The number of carbonyl (C=O) groups is 1. The lowest BCUT2D eigenvalue weighted by Gasteiger charge is -2.35. The van der Waals surface area contributed by atoms with Gasteiger partial charge in [-0.05, 0) is 41.8 Å². The van der Waals surface area contributed by atoms with Crippen molar-refractivity contribution in [3.05, 3.63) is 90.0 Å². The number of sulfonamides is 1. The van der Waals surface area contributed by atoms with Crippen molar-refractivity contribution in [1.82, 2.24) is 9.21 Å². The maximum atomic E-state index is 13.9. The highest BCUT2D eigenvalue weighted by Gasteiger charge is 2.32. The summed E-state index contributed by atoms with van der Waals surface area (Å²) in [6.07, 6.45) is -0.501. The zero-order chi connectivity index (χ0) is 26.6. The Kier molecular flexibility index (Phi) is 8.44. The van der Waals surface area contributed by atoms with Crippen LogP contribution in [-0.4, -0.2) is 67.5 Å². The van der Waals surface area contributed by atoms with E-state index in [2.05, 4.69) is 0 Å². The van der Waals surface area contributed by atoms with Gasteiger partial charge < -0.3 is 14.7 Å². The van der Waals surface area contributed by atoms with E-state index in [9.17, 15) is 18.3 Å². The number of likely N-dealkylation sites (N-methyl/N-ethyl adjacent to an activating group) is 1. The molecule has 3 aromatic rings. The Hall–Kier alpha value is -3.04. The molecule has 1 aliphatic heterocycles. The van der Waals surface area contributed by atoms with Crippen LogP contribution in [0.3, 0.4) is 0 Å². The number of amides is 1. The Morgan fingerprint density at radius 3 is 2.24 bits per heavy atom. The second-order valence-corrected chi connectivity index (χ2v) is 11.7. The minimum absolute atomic E-state index is 0.114. The third-order valence-electron chi connectivity index (χ3n) is 6.98. The number of nitrogens with zero attached hydrogens (tertiary/aromatic N) is 2. The van der Waals surface area contributed by atoms with Crippen LogP contribution in [0.25, 0.3) is 11.1 Å². The number of hydrogen-bond donors (Lipinski definition) is 1. The molecule has 4 rings (SSSR count). The van der Waals surface area contributed by atoms with Gasteiger partial charge in [-0.15, -0.1) is 0 Å². The minimum atomic E-state index is -3.72. The Morgan fingerprint density at radius 2 is 1.57 bits per heavy atom. The van der Waals surface area contributed by atoms with Crippen molar-refractivity contribution in [1.29, 1.82) is 0 Å². The van der Waals surface area contributed by atoms with E-state index in [4.69, 9.17) is 4.74 Å². The molecule has 7 nitrogen and oxygen atoms in total. The standard InChI is InChI=1S/C29H34N2O5S/c1-21-17-31(22(2)19-32)29(33)27-16-10-9-15-26(27)25-14-8-7-11-23(25)20-36-28(21)18-30(3)37(34,35)24-12-5-4-6-13-24/h4-16,21-22,28,32H,17-20H2,1-3H3/t21-,22+,28-/m1/s1. The smallest absolute Gasteiger partial charge is 0.254 e. The van der Waals surface area contributed by atoms with Crippen LogP contribution in [0.5, 0.6) is 0 Å². The molecule has 0 radical (unpaired) electrons. The summed E-state index contributed by atoms with van der Waals surface area (Å²) in [4.78, 5) is 15.7. The average molecular weight is 523 g/mol. The molecule has 1 aliphatic rings. The molecule has 8 heteroatoms. The Morgan fingerprint density at radius 1 is 0.973 bits per heavy atom. The van der Waals surface area contributed by atoms with Crippen LogP contribution in [0.4, 0.5) is 0 Å². The number of fused-ring (bicyclic) bond motifs is 3. The van der Waals surface area contributed by atoms with Gasteiger partial charge in [0.2, 0.25) is 10.0 Å². The summed E-state index contributed by atoms with van der Waals surface area (Å²) in [6, 6.07) is 23.2. The first-order valence-corrected chi connectivity index (χ1v) is 13.9. The molecule has 0 unspecified atom stereocenters. The number of rotatable bonds is 6. The van der Waals surface area contributed by atoms with E-state index in [-0.39, 0.29) is 36.5 Å². The molecule has 3 aromatic carbocycles. The lowest BCUT2D eigenvalue weighted by molar-refractivity contribution is -0.0146. The lowest BCUT2D eigenvalue weighted by Crippen LogP contribution is -2.47. The summed E-state index contributed by atoms with van der Waals surface area (Å²) >= 11 is 0. The normalized spacial score (nSPS) is 19.6. The van der Waals surface area contributed by atoms with E-state index >= 15 is 0 Å². The highest BCUT2D eigenvalue weighted by molar-refractivity contribution is 7.89. The molecule has 0 fully saturated rings. The quantitative estimate of drug-likeness (QED) is 0.528. The maximum absolute atomic E-state index is 13.9. The topological polar surface area (TPSA) is 87.2 Å². The van der Waals surface area contributed by atoms with Gasteiger partial charge >= 0.3 is 0 Å². The second kappa shape index (κ2) is 11.6. The molecule has 0 spiro atoms. The number of aliphatic hydroxyl groups excluding tert-OH is 1. The van der Waals surface area contributed by atoms with Crippen molar-refractivity contribution >= 4 is 15.9 Å². The average Bonchev–Trinajstić information content (AvgIpc) is 2.94. The van der Waals surface area contributed by atoms with E-state index in [1.165, 1.54) is 4.31 Å². The van der Waals surface area contributed by atoms with Gasteiger partial charge in [0.25, 0.3) is 5.91 Å². The first kappa shape index (κ1) is 27.0. The van der Waals surface area contributed by atoms with Crippen LogP contribution in [0.2, 0.25) is 0 Å². The zero-order valence-corrected chi connectivity index (χ0v) is 22.3. The van der Waals surface area contributed by atoms with Gasteiger partial charge in [0.1, 0.15) is 0 Å². The highest BCUT2D eigenvalue weighted by atomic mass is 32.2. The largest absolute Gasteiger partial charge is 0.394 e. The van der Waals surface area contributed by atoms with Gasteiger partial charge in [-0.1, -0.05) is 67.6 Å². The van der Waals surface area contributed by atoms with Gasteiger partial charge in [0.05, 0.1) is 30.3 Å². The van der Waals surface area contributed by atoms with Crippen molar-refractivity contribution in [2.75, 3.05) is 26.7 Å². The monoisotopic (exact) mass is 522 g/mol. The molecule has 0 saturated heterocycles. The Bertz CT molecular complexity index is 1330. The Balaban J connectivity index is 1.74. The summed E-state index contributed by atoms with van der Waals surface area (Å²) in [5.74, 6) is -0.395. The second-order valence-electron chi connectivity index (χ2n) is 9.62.